The smallest absolute Gasteiger partial charge is 0.115 e. The summed E-state index contributed by atoms with van der Waals surface area (Å²) in [5.74, 6) is 1.54. The number of aromatic hydroxyl groups is 1. The Bertz CT molecular complexity index is 297. The van der Waals surface area contributed by atoms with E-state index in [0.717, 1.165) is 13.0 Å². The van der Waals surface area contributed by atoms with Crippen molar-refractivity contribution in [2.75, 3.05) is 12.4 Å². The van der Waals surface area contributed by atoms with Gasteiger partial charge >= 0.3 is 0 Å². The standard InChI is InChI=1S/C13H20ClNO/c1-10(2)9-15-12(8-14)7-11-3-5-13(16)6-4-11/h3-6,10,12,15-16H,7-9H2,1-2H3/t12-/m0/s1. The Hall–Kier alpha value is -0.730. The lowest BCUT2D eigenvalue weighted by molar-refractivity contribution is 0.473. The molecule has 1 rings (SSSR count). The molecule has 0 heterocycles. The lowest BCUT2D eigenvalue weighted by atomic mass is 10.1. The molecule has 0 saturated carbocycles. The van der Waals surface area contributed by atoms with Crippen LogP contribution in [0.5, 0.6) is 5.75 Å². The third kappa shape index (κ3) is 4.86. The molecular formula is C13H20ClNO. The molecule has 0 aliphatic heterocycles. The third-order valence-electron chi connectivity index (χ3n) is 2.42. The minimum absolute atomic E-state index is 0.300. The Morgan fingerprint density at radius 1 is 1.25 bits per heavy atom. The third-order valence-corrected chi connectivity index (χ3v) is 2.79. The van der Waals surface area contributed by atoms with Crippen LogP contribution < -0.4 is 5.32 Å². The second kappa shape index (κ2) is 6.77. The molecule has 0 radical (unpaired) electrons. The highest BCUT2D eigenvalue weighted by Crippen LogP contribution is 2.11. The summed E-state index contributed by atoms with van der Waals surface area (Å²) in [5.41, 5.74) is 1.19. The summed E-state index contributed by atoms with van der Waals surface area (Å²) in [6.07, 6.45) is 0.899. The maximum atomic E-state index is 9.18. The van der Waals surface area contributed by atoms with Crippen LogP contribution in [-0.4, -0.2) is 23.6 Å². The van der Waals surface area contributed by atoms with Crippen molar-refractivity contribution >= 4 is 11.6 Å². The number of hydrogen-bond donors (Lipinski definition) is 2. The number of phenolic OH excluding ortho intramolecular Hbond substituents is 1. The first kappa shape index (κ1) is 13.3. The van der Waals surface area contributed by atoms with E-state index in [0.29, 0.717) is 23.6 Å². The fourth-order valence-corrected chi connectivity index (χ4v) is 1.72. The Morgan fingerprint density at radius 2 is 1.88 bits per heavy atom. The van der Waals surface area contributed by atoms with Gasteiger partial charge in [0.25, 0.3) is 0 Å². The van der Waals surface area contributed by atoms with Gasteiger partial charge in [0.15, 0.2) is 0 Å². The molecule has 0 unspecified atom stereocenters. The second-order valence-electron chi connectivity index (χ2n) is 4.52. The van der Waals surface area contributed by atoms with Gasteiger partial charge in [-0.1, -0.05) is 26.0 Å². The van der Waals surface area contributed by atoms with Gasteiger partial charge in [-0.3, -0.25) is 0 Å². The zero-order valence-electron chi connectivity index (χ0n) is 9.91. The van der Waals surface area contributed by atoms with E-state index in [4.69, 9.17) is 11.6 Å². The summed E-state index contributed by atoms with van der Waals surface area (Å²) >= 11 is 5.92. The zero-order chi connectivity index (χ0) is 12.0. The highest BCUT2D eigenvalue weighted by atomic mass is 35.5. The van der Waals surface area contributed by atoms with Gasteiger partial charge in [0.05, 0.1) is 0 Å². The molecule has 3 heteroatoms. The first-order valence-electron chi connectivity index (χ1n) is 5.69. The highest BCUT2D eigenvalue weighted by Gasteiger charge is 2.08. The molecule has 1 aromatic carbocycles. The number of nitrogens with one attached hydrogen (secondary N) is 1. The molecule has 2 nitrogen and oxygen atoms in total. The minimum atomic E-state index is 0.300. The van der Waals surface area contributed by atoms with E-state index < -0.39 is 0 Å². The molecular weight excluding hydrogens is 222 g/mol. The summed E-state index contributed by atoms with van der Waals surface area (Å²) in [6.45, 7) is 5.34. The topological polar surface area (TPSA) is 32.3 Å². The number of phenols is 1. The van der Waals surface area contributed by atoms with E-state index >= 15 is 0 Å². The molecule has 16 heavy (non-hydrogen) atoms. The summed E-state index contributed by atoms with van der Waals surface area (Å²) in [5, 5.41) is 12.6. The molecule has 2 N–H and O–H groups in total. The minimum Gasteiger partial charge on any atom is -0.508 e. The van der Waals surface area contributed by atoms with Gasteiger partial charge in [-0.25, -0.2) is 0 Å². The Morgan fingerprint density at radius 3 is 2.38 bits per heavy atom. The summed E-state index contributed by atoms with van der Waals surface area (Å²) in [4.78, 5) is 0. The van der Waals surface area contributed by atoms with Crippen LogP contribution in [0.2, 0.25) is 0 Å². The van der Waals surface area contributed by atoms with Crippen LogP contribution in [0.4, 0.5) is 0 Å². The lowest BCUT2D eigenvalue weighted by Gasteiger charge is -2.17. The fourth-order valence-electron chi connectivity index (χ4n) is 1.50. The van der Waals surface area contributed by atoms with Gasteiger partial charge in [0.1, 0.15) is 5.75 Å². The van der Waals surface area contributed by atoms with Gasteiger partial charge in [-0.15, -0.1) is 11.6 Å². The van der Waals surface area contributed by atoms with Crippen molar-refractivity contribution in [1.29, 1.82) is 0 Å². The lowest BCUT2D eigenvalue weighted by Crippen LogP contribution is -2.35. The number of rotatable bonds is 6. The van der Waals surface area contributed by atoms with Gasteiger partial charge in [0, 0.05) is 11.9 Å². The molecule has 0 aliphatic rings. The van der Waals surface area contributed by atoms with Crippen molar-refractivity contribution in [3.05, 3.63) is 29.8 Å². The van der Waals surface area contributed by atoms with Gasteiger partial charge in [-0.05, 0) is 36.6 Å². The van der Waals surface area contributed by atoms with Crippen molar-refractivity contribution in [2.45, 2.75) is 26.3 Å². The molecule has 0 aromatic heterocycles. The number of alkyl halides is 1. The molecule has 0 amide bonds. The van der Waals surface area contributed by atoms with Crippen molar-refractivity contribution in [3.63, 3.8) is 0 Å². The maximum absolute atomic E-state index is 9.18. The molecule has 90 valence electrons. The normalized spacial score (nSPS) is 13.0. The first-order valence-corrected chi connectivity index (χ1v) is 6.22. The zero-order valence-corrected chi connectivity index (χ0v) is 10.7. The predicted octanol–water partition coefficient (Wildman–Crippen LogP) is 2.79. The Labute approximate surface area is 103 Å². The van der Waals surface area contributed by atoms with E-state index in [1.54, 1.807) is 12.1 Å². The van der Waals surface area contributed by atoms with Gasteiger partial charge in [-0.2, -0.15) is 0 Å². The SMILES string of the molecule is CC(C)CN[C@H](CCl)Cc1ccc(O)cc1. The van der Waals surface area contributed by atoms with Crippen LogP contribution in [0.3, 0.4) is 0 Å². The average Bonchev–Trinajstić information content (AvgIpc) is 2.26. The van der Waals surface area contributed by atoms with E-state index in [1.165, 1.54) is 5.56 Å². The van der Waals surface area contributed by atoms with Crippen molar-refractivity contribution < 1.29 is 5.11 Å². The average molecular weight is 242 g/mol. The Balaban J connectivity index is 2.46. The number of halogens is 1. The number of benzene rings is 1. The summed E-state index contributed by atoms with van der Waals surface area (Å²) in [7, 11) is 0. The largest absolute Gasteiger partial charge is 0.508 e. The molecule has 1 atom stereocenters. The van der Waals surface area contributed by atoms with Crippen molar-refractivity contribution in [2.24, 2.45) is 5.92 Å². The van der Waals surface area contributed by atoms with Crippen LogP contribution >= 0.6 is 11.6 Å². The quantitative estimate of drug-likeness (QED) is 0.751. The van der Waals surface area contributed by atoms with Crippen LogP contribution in [0.15, 0.2) is 24.3 Å². The second-order valence-corrected chi connectivity index (χ2v) is 4.83. The molecule has 0 bridgehead atoms. The van der Waals surface area contributed by atoms with E-state index in [2.05, 4.69) is 19.2 Å². The Kier molecular flexibility index (Phi) is 5.64. The van der Waals surface area contributed by atoms with E-state index in [1.807, 2.05) is 12.1 Å². The predicted molar refractivity (Wildman–Crippen MR) is 69.2 cm³/mol. The summed E-state index contributed by atoms with van der Waals surface area (Å²) in [6, 6.07) is 7.60. The number of hydrogen-bond acceptors (Lipinski definition) is 2. The van der Waals surface area contributed by atoms with Crippen molar-refractivity contribution in [1.82, 2.24) is 5.32 Å². The summed E-state index contributed by atoms with van der Waals surface area (Å²) < 4.78 is 0. The maximum Gasteiger partial charge on any atom is 0.115 e. The molecule has 0 spiro atoms. The molecule has 0 aliphatic carbocycles. The highest BCUT2D eigenvalue weighted by molar-refractivity contribution is 6.18. The fraction of sp³-hybridized carbons (Fsp3) is 0.538. The van der Waals surface area contributed by atoms with E-state index in [-0.39, 0.29) is 0 Å². The molecule has 0 saturated heterocycles. The van der Waals surface area contributed by atoms with Crippen molar-refractivity contribution in [3.8, 4) is 5.75 Å². The van der Waals surface area contributed by atoms with Gasteiger partial charge < -0.3 is 10.4 Å². The van der Waals surface area contributed by atoms with E-state index in [9.17, 15) is 5.11 Å². The van der Waals surface area contributed by atoms with Crippen LogP contribution in [0, 0.1) is 5.92 Å². The molecule has 1 aromatic rings. The van der Waals surface area contributed by atoms with Crippen LogP contribution in [0.25, 0.3) is 0 Å². The monoisotopic (exact) mass is 241 g/mol. The van der Waals surface area contributed by atoms with Crippen LogP contribution in [0.1, 0.15) is 19.4 Å². The van der Waals surface area contributed by atoms with Crippen LogP contribution in [-0.2, 0) is 6.42 Å². The van der Waals surface area contributed by atoms with Gasteiger partial charge in [0.2, 0.25) is 0 Å². The molecule has 0 fully saturated rings. The first-order chi connectivity index (χ1) is 7.61.